The van der Waals surface area contributed by atoms with Crippen LogP contribution in [0.4, 0.5) is 0 Å². The molecule has 0 radical (unpaired) electrons. The van der Waals surface area contributed by atoms with Gasteiger partial charge < -0.3 is 5.32 Å². The average molecular weight is 97.2 g/mol. The molecule has 1 aliphatic heterocycles. The van der Waals surface area contributed by atoms with Crippen molar-refractivity contribution in [3.63, 3.8) is 0 Å². The topological polar surface area (TPSA) is 12.0 Å². The minimum atomic E-state index is 1.09. The minimum absolute atomic E-state index is 1.09. The van der Waals surface area contributed by atoms with Crippen LogP contribution in [0.25, 0.3) is 0 Å². The van der Waals surface area contributed by atoms with E-state index in [4.69, 9.17) is 0 Å². The summed E-state index contributed by atoms with van der Waals surface area (Å²) < 4.78 is 0. The van der Waals surface area contributed by atoms with Crippen molar-refractivity contribution < 1.29 is 0 Å². The van der Waals surface area contributed by atoms with Gasteiger partial charge in [-0.3, -0.25) is 0 Å². The van der Waals surface area contributed by atoms with Crippen LogP contribution >= 0.6 is 0 Å². The Labute approximate surface area is 44.1 Å². The molecule has 2 rings (SSSR count). The van der Waals surface area contributed by atoms with Gasteiger partial charge >= 0.3 is 0 Å². The molecule has 0 amide bonds. The van der Waals surface area contributed by atoms with Crippen LogP contribution in [-0.4, -0.2) is 13.1 Å². The molecule has 1 aliphatic carbocycles. The summed E-state index contributed by atoms with van der Waals surface area (Å²) in [4.78, 5) is 0. The number of nitrogens with one attached hydrogen (secondary N) is 1. The van der Waals surface area contributed by atoms with Crippen molar-refractivity contribution >= 4 is 0 Å². The highest BCUT2D eigenvalue weighted by Crippen LogP contribution is 2.42. The first-order chi connectivity index (χ1) is 3.47. The van der Waals surface area contributed by atoms with E-state index in [0.717, 1.165) is 11.8 Å². The van der Waals surface area contributed by atoms with Crippen LogP contribution in [0.1, 0.15) is 12.8 Å². The van der Waals surface area contributed by atoms with Crippen LogP contribution in [0.2, 0.25) is 0 Å². The summed E-state index contributed by atoms with van der Waals surface area (Å²) in [6, 6.07) is 0. The molecule has 0 aromatic rings. The third-order valence-electron chi connectivity index (χ3n) is 2.17. The van der Waals surface area contributed by atoms with Gasteiger partial charge in [-0.05, 0) is 37.8 Å². The molecule has 1 N–H and O–H groups in total. The summed E-state index contributed by atoms with van der Waals surface area (Å²) in [6.45, 7) is 2.59. The van der Waals surface area contributed by atoms with E-state index >= 15 is 0 Å². The molecule has 2 fully saturated rings. The van der Waals surface area contributed by atoms with Crippen molar-refractivity contribution in [1.29, 1.82) is 0 Å². The molecular formula is C6H11N. The van der Waals surface area contributed by atoms with Gasteiger partial charge in [0.05, 0.1) is 0 Å². The lowest BCUT2D eigenvalue weighted by Gasteiger charge is -2.08. The fraction of sp³-hybridized carbons (Fsp3) is 1.00. The second-order valence-electron chi connectivity index (χ2n) is 2.75. The Bertz CT molecular complexity index is 70.2. The highest BCUT2D eigenvalue weighted by molar-refractivity contribution is 4.91. The van der Waals surface area contributed by atoms with Crippen LogP contribution in [-0.2, 0) is 0 Å². The van der Waals surface area contributed by atoms with Crippen LogP contribution in [0.5, 0.6) is 0 Å². The van der Waals surface area contributed by atoms with Crippen molar-refractivity contribution in [3.8, 4) is 0 Å². The normalized spacial score (nSPS) is 48.0. The maximum Gasteiger partial charge on any atom is -0.00178 e. The molecule has 0 bridgehead atoms. The van der Waals surface area contributed by atoms with E-state index in [2.05, 4.69) is 5.32 Å². The standard InChI is InChI=1S/C6H11N/c1-2-7-4-6-3-5(1)6/h5-7H,1-4H2/t5-,6?/m1/s1. The Hall–Kier alpha value is -0.0400. The van der Waals surface area contributed by atoms with Gasteiger partial charge in [-0.25, -0.2) is 0 Å². The first-order valence-electron chi connectivity index (χ1n) is 3.17. The van der Waals surface area contributed by atoms with E-state index < -0.39 is 0 Å². The van der Waals surface area contributed by atoms with Crippen LogP contribution < -0.4 is 5.32 Å². The molecule has 1 heterocycles. The quantitative estimate of drug-likeness (QED) is 0.467. The third-order valence-corrected chi connectivity index (χ3v) is 2.17. The molecule has 1 unspecified atom stereocenters. The smallest absolute Gasteiger partial charge is 0.00178 e. The number of fused-ring (bicyclic) bond motifs is 1. The fourth-order valence-electron chi connectivity index (χ4n) is 1.49. The predicted octanol–water partition coefficient (Wildman–Crippen LogP) is 0.616. The van der Waals surface area contributed by atoms with E-state index in [-0.39, 0.29) is 0 Å². The molecule has 40 valence electrons. The van der Waals surface area contributed by atoms with Gasteiger partial charge in [-0.2, -0.15) is 0 Å². The summed E-state index contributed by atoms with van der Waals surface area (Å²) in [5.41, 5.74) is 0. The number of hydrogen-bond acceptors (Lipinski definition) is 1. The van der Waals surface area contributed by atoms with Crippen molar-refractivity contribution in [2.24, 2.45) is 11.8 Å². The van der Waals surface area contributed by atoms with Crippen LogP contribution in [0.15, 0.2) is 0 Å². The second kappa shape index (κ2) is 1.22. The first-order valence-corrected chi connectivity index (χ1v) is 3.17. The lowest BCUT2D eigenvalue weighted by Crippen LogP contribution is -2.23. The first kappa shape index (κ1) is 3.90. The van der Waals surface area contributed by atoms with Gasteiger partial charge in [-0.1, -0.05) is 0 Å². The zero-order valence-electron chi connectivity index (χ0n) is 4.48. The highest BCUT2D eigenvalue weighted by atomic mass is 14.9. The van der Waals surface area contributed by atoms with Gasteiger partial charge in [0.2, 0.25) is 0 Å². The molecule has 0 aromatic carbocycles. The average Bonchev–Trinajstić information content (AvgIpc) is 2.41. The molecule has 2 atom stereocenters. The lowest BCUT2D eigenvalue weighted by molar-refractivity contribution is 0.497. The van der Waals surface area contributed by atoms with E-state index in [1.165, 1.54) is 25.9 Å². The summed E-state index contributed by atoms with van der Waals surface area (Å²) in [5, 5.41) is 3.38. The summed E-state index contributed by atoms with van der Waals surface area (Å²) in [6.07, 6.45) is 2.97. The molecule has 1 heteroatoms. The maximum atomic E-state index is 3.38. The van der Waals surface area contributed by atoms with Crippen molar-refractivity contribution in [3.05, 3.63) is 0 Å². The summed E-state index contributed by atoms with van der Waals surface area (Å²) in [7, 11) is 0. The zero-order chi connectivity index (χ0) is 4.69. The minimum Gasteiger partial charge on any atom is -0.316 e. The highest BCUT2D eigenvalue weighted by Gasteiger charge is 2.38. The lowest BCUT2D eigenvalue weighted by atomic mass is 10.2. The Balaban J connectivity index is 1.95. The molecular weight excluding hydrogens is 86.1 g/mol. The fourth-order valence-corrected chi connectivity index (χ4v) is 1.49. The predicted molar refractivity (Wildman–Crippen MR) is 29.1 cm³/mol. The van der Waals surface area contributed by atoms with E-state index in [1.807, 2.05) is 0 Å². The van der Waals surface area contributed by atoms with E-state index in [1.54, 1.807) is 0 Å². The number of rotatable bonds is 0. The monoisotopic (exact) mass is 97.1 g/mol. The largest absolute Gasteiger partial charge is 0.316 e. The van der Waals surface area contributed by atoms with Crippen molar-refractivity contribution in [1.82, 2.24) is 5.32 Å². The molecule has 1 saturated heterocycles. The molecule has 7 heavy (non-hydrogen) atoms. The maximum absolute atomic E-state index is 3.38. The zero-order valence-corrected chi connectivity index (χ0v) is 4.48. The van der Waals surface area contributed by atoms with Gasteiger partial charge in [-0.15, -0.1) is 0 Å². The number of piperidine rings is 1. The summed E-state index contributed by atoms with van der Waals surface area (Å²) >= 11 is 0. The molecule has 1 nitrogen and oxygen atoms in total. The van der Waals surface area contributed by atoms with Gasteiger partial charge in [0, 0.05) is 0 Å². The van der Waals surface area contributed by atoms with Crippen LogP contribution in [0.3, 0.4) is 0 Å². The molecule has 2 aliphatic rings. The Kier molecular flexibility index (Phi) is 0.680. The van der Waals surface area contributed by atoms with E-state index in [9.17, 15) is 0 Å². The van der Waals surface area contributed by atoms with Crippen LogP contribution in [0, 0.1) is 11.8 Å². The number of hydrogen-bond donors (Lipinski definition) is 1. The van der Waals surface area contributed by atoms with Gasteiger partial charge in [0.25, 0.3) is 0 Å². The van der Waals surface area contributed by atoms with Gasteiger partial charge in [0.1, 0.15) is 0 Å². The molecule has 0 aromatic heterocycles. The Morgan fingerprint density at radius 2 is 2.29 bits per heavy atom. The third kappa shape index (κ3) is 0.556. The Morgan fingerprint density at radius 1 is 1.29 bits per heavy atom. The molecule has 0 spiro atoms. The van der Waals surface area contributed by atoms with Crippen molar-refractivity contribution in [2.75, 3.05) is 13.1 Å². The van der Waals surface area contributed by atoms with E-state index in [0.29, 0.717) is 0 Å². The Morgan fingerprint density at radius 3 is 2.86 bits per heavy atom. The second-order valence-corrected chi connectivity index (χ2v) is 2.75. The SMILES string of the molecule is C1C[C@@H]2CC2CN1. The van der Waals surface area contributed by atoms with Crippen molar-refractivity contribution in [2.45, 2.75) is 12.8 Å². The van der Waals surface area contributed by atoms with Gasteiger partial charge in [0.15, 0.2) is 0 Å². The summed E-state index contributed by atoms with van der Waals surface area (Å²) in [5.74, 6) is 2.23. The molecule has 1 saturated carbocycles.